The van der Waals surface area contributed by atoms with E-state index in [1.807, 2.05) is 6.92 Å². The molecule has 1 aromatic heterocycles. The maximum atomic E-state index is 12.3. The third-order valence-electron chi connectivity index (χ3n) is 3.59. The van der Waals surface area contributed by atoms with Gasteiger partial charge in [0.05, 0.1) is 17.0 Å². The zero-order valence-corrected chi connectivity index (χ0v) is 12.9. The van der Waals surface area contributed by atoms with E-state index in [2.05, 4.69) is 15.5 Å². The van der Waals surface area contributed by atoms with Gasteiger partial charge >= 0.3 is 0 Å². The van der Waals surface area contributed by atoms with Crippen molar-refractivity contribution in [2.24, 2.45) is 0 Å². The van der Waals surface area contributed by atoms with E-state index in [1.165, 1.54) is 0 Å². The minimum Gasteiger partial charge on any atom is -0.392 e. The highest BCUT2D eigenvalue weighted by molar-refractivity contribution is 7.90. The molecule has 1 aliphatic heterocycles. The second kappa shape index (κ2) is 5.79. The van der Waals surface area contributed by atoms with Gasteiger partial charge in [-0.05, 0) is 25.5 Å². The maximum Gasteiger partial charge on any atom is 0.243 e. The lowest BCUT2D eigenvalue weighted by Gasteiger charge is -2.02. The van der Waals surface area contributed by atoms with Gasteiger partial charge in [-0.15, -0.1) is 0 Å². The van der Waals surface area contributed by atoms with Crippen molar-refractivity contribution in [3.05, 3.63) is 41.5 Å². The fourth-order valence-electron chi connectivity index (χ4n) is 2.37. The minimum absolute atomic E-state index is 0.124. The Bertz CT molecular complexity index is 755. The summed E-state index contributed by atoms with van der Waals surface area (Å²) in [7, 11) is -3.51. The molecule has 8 heteroatoms. The number of sulfone groups is 1. The monoisotopic (exact) mass is 323 g/mol. The summed E-state index contributed by atoms with van der Waals surface area (Å²) in [5.41, 5.74) is 0.992. The van der Waals surface area contributed by atoms with Crippen molar-refractivity contribution in [3.8, 4) is 0 Å². The number of benzene rings is 1. The van der Waals surface area contributed by atoms with Crippen molar-refractivity contribution in [2.75, 3.05) is 6.54 Å². The Morgan fingerprint density at radius 2 is 2.09 bits per heavy atom. The number of rotatable bonds is 4. The molecule has 0 spiro atoms. The van der Waals surface area contributed by atoms with Crippen molar-refractivity contribution >= 4 is 9.84 Å². The van der Waals surface area contributed by atoms with Crippen LogP contribution >= 0.6 is 0 Å². The summed E-state index contributed by atoms with van der Waals surface area (Å²) in [5.74, 6) is 0.124. The topological polar surface area (TPSA) is 105 Å². The first-order valence-electron chi connectivity index (χ1n) is 6.97. The van der Waals surface area contributed by atoms with Crippen molar-refractivity contribution in [1.29, 1.82) is 0 Å². The molecule has 2 aromatic rings. The van der Waals surface area contributed by atoms with Crippen LogP contribution in [0.2, 0.25) is 0 Å². The minimum atomic E-state index is -3.51. The molecule has 1 fully saturated rings. The standard InChI is InChI=1S/C14H17N3O4S/c1-9-2-4-11(5-3-9)22(19,20)8-13-16-14(21-17-13)12-6-10(18)7-15-12/h2-5,10,12,15,18H,6-8H2,1H3. The predicted octanol–water partition coefficient (Wildman–Crippen LogP) is 0.747. The van der Waals surface area contributed by atoms with Crippen LogP contribution in [-0.2, 0) is 15.6 Å². The fourth-order valence-corrected chi connectivity index (χ4v) is 3.55. The van der Waals surface area contributed by atoms with Gasteiger partial charge in [-0.2, -0.15) is 4.98 Å². The molecule has 0 amide bonds. The Morgan fingerprint density at radius 3 is 2.73 bits per heavy atom. The highest BCUT2D eigenvalue weighted by atomic mass is 32.2. The molecule has 118 valence electrons. The number of hydrogen-bond acceptors (Lipinski definition) is 7. The van der Waals surface area contributed by atoms with E-state index in [0.29, 0.717) is 18.9 Å². The number of β-amino-alcohol motifs (C(OH)–C–C–N with tert-alkyl or cyclic N) is 1. The van der Waals surface area contributed by atoms with E-state index in [-0.39, 0.29) is 22.5 Å². The summed E-state index contributed by atoms with van der Waals surface area (Å²) in [4.78, 5) is 4.36. The van der Waals surface area contributed by atoms with Crippen LogP contribution in [0.4, 0.5) is 0 Å². The second-order valence-electron chi connectivity index (χ2n) is 5.47. The van der Waals surface area contributed by atoms with Crippen molar-refractivity contribution in [3.63, 3.8) is 0 Å². The highest BCUT2D eigenvalue weighted by Crippen LogP contribution is 2.23. The zero-order chi connectivity index (χ0) is 15.7. The molecule has 2 heterocycles. The number of nitrogens with zero attached hydrogens (tertiary/aromatic N) is 2. The van der Waals surface area contributed by atoms with Crippen molar-refractivity contribution in [1.82, 2.24) is 15.5 Å². The fraction of sp³-hybridized carbons (Fsp3) is 0.429. The van der Waals surface area contributed by atoms with Gasteiger partial charge < -0.3 is 14.9 Å². The van der Waals surface area contributed by atoms with E-state index < -0.39 is 15.9 Å². The smallest absolute Gasteiger partial charge is 0.243 e. The quantitative estimate of drug-likeness (QED) is 0.855. The number of hydrogen-bond donors (Lipinski definition) is 2. The summed E-state index contributed by atoms with van der Waals surface area (Å²) in [6.45, 7) is 2.36. The summed E-state index contributed by atoms with van der Waals surface area (Å²) in [6, 6.07) is 6.41. The SMILES string of the molecule is Cc1ccc(S(=O)(=O)Cc2noc(C3CC(O)CN3)n2)cc1. The Morgan fingerprint density at radius 1 is 1.36 bits per heavy atom. The molecule has 1 saturated heterocycles. The molecule has 0 saturated carbocycles. The first-order valence-corrected chi connectivity index (χ1v) is 8.62. The molecule has 0 aliphatic carbocycles. The summed E-state index contributed by atoms with van der Waals surface area (Å²) in [5, 5.41) is 16.2. The number of aliphatic hydroxyl groups is 1. The largest absolute Gasteiger partial charge is 0.392 e. The van der Waals surface area contributed by atoms with Crippen LogP contribution in [0.1, 0.15) is 29.7 Å². The normalized spacial score (nSPS) is 22.1. The van der Waals surface area contributed by atoms with Gasteiger partial charge in [-0.3, -0.25) is 0 Å². The Labute approximate surface area is 128 Å². The van der Waals surface area contributed by atoms with Crippen LogP contribution in [-0.4, -0.2) is 36.3 Å². The van der Waals surface area contributed by atoms with Crippen LogP contribution in [0.25, 0.3) is 0 Å². The number of aliphatic hydroxyl groups excluding tert-OH is 1. The Balaban J connectivity index is 1.75. The predicted molar refractivity (Wildman–Crippen MR) is 77.7 cm³/mol. The van der Waals surface area contributed by atoms with E-state index in [1.54, 1.807) is 24.3 Å². The second-order valence-corrected chi connectivity index (χ2v) is 7.46. The average Bonchev–Trinajstić information content (AvgIpc) is 3.08. The first-order chi connectivity index (χ1) is 10.4. The van der Waals surface area contributed by atoms with Crippen LogP contribution in [0, 0.1) is 6.92 Å². The molecule has 2 unspecified atom stereocenters. The van der Waals surface area contributed by atoms with Gasteiger partial charge in [0.1, 0.15) is 5.75 Å². The molecule has 2 atom stereocenters. The molecule has 2 N–H and O–H groups in total. The maximum absolute atomic E-state index is 12.3. The van der Waals surface area contributed by atoms with Crippen LogP contribution < -0.4 is 5.32 Å². The van der Waals surface area contributed by atoms with Crippen molar-refractivity contribution in [2.45, 2.75) is 36.1 Å². The van der Waals surface area contributed by atoms with E-state index in [0.717, 1.165) is 5.56 Å². The van der Waals surface area contributed by atoms with Crippen molar-refractivity contribution < 1.29 is 18.0 Å². The molecular formula is C14H17N3O4S. The molecule has 7 nitrogen and oxygen atoms in total. The molecule has 1 aromatic carbocycles. The van der Waals surface area contributed by atoms with Gasteiger partial charge in [-0.1, -0.05) is 22.9 Å². The van der Waals surface area contributed by atoms with Crippen LogP contribution in [0.3, 0.4) is 0 Å². The van der Waals surface area contributed by atoms with E-state index in [4.69, 9.17) is 4.52 Å². The first kappa shape index (κ1) is 15.1. The number of aryl methyl sites for hydroxylation is 1. The van der Waals surface area contributed by atoms with Gasteiger partial charge in [0.25, 0.3) is 0 Å². The van der Waals surface area contributed by atoms with Crippen LogP contribution in [0.15, 0.2) is 33.7 Å². The number of aromatic nitrogens is 2. The third-order valence-corrected chi connectivity index (χ3v) is 5.22. The average molecular weight is 323 g/mol. The molecule has 3 rings (SSSR count). The number of nitrogens with one attached hydrogen (secondary N) is 1. The van der Waals surface area contributed by atoms with E-state index >= 15 is 0 Å². The van der Waals surface area contributed by atoms with Gasteiger partial charge in [0, 0.05) is 6.54 Å². The molecule has 1 aliphatic rings. The van der Waals surface area contributed by atoms with Gasteiger partial charge in [-0.25, -0.2) is 8.42 Å². The lowest BCUT2D eigenvalue weighted by atomic mass is 10.2. The Kier molecular flexibility index (Phi) is 3.98. The summed E-state index contributed by atoms with van der Waals surface area (Å²) < 4.78 is 29.7. The molecular weight excluding hydrogens is 306 g/mol. The summed E-state index contributed by atoms with van der Waals surface area (Å²) >= 11 is 0. The van der Waals surface area contributed by atoms with Crippen LogP contribution in [0.5, 0.6) is 0 Å². The highest BCUT2D eigenvalue weighted by Gasteiger charge is 2.29. The van der Waals surface area contributed by atoms with Gasteiger partial charge in [0.15, 0.2) is 15.7 Å². The molecule has 22 heavy (non-hydrogen) atoms. The lowest BCUT2D eigenvalue weighted by molar-refractivity contribution is 0.191. The third kappa shape index (κ3) is 3.18. The Hall–Kier alpha value is -1.77. The van der Waals surface area contributed by atoms with Gasteiger partial charge in [0.2, 0.25) is 5.89 Å². The molecule has 0 radical (unpaired) electrons. The molecule has 0 bridgehead atoms. The van der Waals surface area contributed by atoms with E-state index in [9.17, 15) is 13.5 Å². The lowest BCUT2D eigenvalue weighted by Crippen LogP contribution is -2.15. The summed E-state index contributed by atoms with van der Waals surface area (Å²) in [6.07, 6.45) is 0.0310. The zero-order valence-electron chi connectivity index (χ0n) is 12.1.